The van der Waals surface area contributed by atoms with Gasteiger partial charge in [-0.3, -0.25) is 0 Å². The number of hydrogen-bond donors (Lipinski definition) is 1. The van der Waals surface area contributed by atoms with Crippen molar-refractivity contribution >= 4 is 17.4 Å². The first-order valence-electron chi connectivity index (χ1n) is 6.86. The SMILES string of the molecule is Cc1ccc(NCc2nc(-c3cccc(Cl)c3)no2)nc1C#N. The molecule has 6 nitrogen and oxygen atoms in total. The van der Waals surface area contributed by atoms with Gasteiger partial charge in [0.15, 0.2) is 0 Å². The van der Waals surface area contributed by atoms with Crippen molar-refractivity contribution < 1.29 is 4.52 Å². The summed E-state index contributed by atoms with van der Waals surface area (Å²) in [7, 11) is 0. The van der Waals surface area contributed by atoms with Crippen LogP contribution in [-0.2, 0) is 6.54 Å². The van der Waals surface area contributed by atoms with E-state index in [4.69, 9.17) is 21.4 Å². The second kappa shape index (κ2) is 6.46. The Morgan fingerprint density at radius 2 is 2.13 bits per heavy atom. The van der Waals surface area contributed by atoms with Crippen molar-refractivity contribution in [2.45, 2.75) is 13.5 Å². The molecule has 23 heavy (non-hydrogen) atoms. The van der Waals surface area contributed by atoms with Gasteiger partial charge in [0.2, 0.25) is 11.7 Å². The summed E-state index contributed by atoms with van der Waals surface area (Å²) in [4.78, 5) is 8.51. The topological polar surface area (TPSA) is 87.6 Å². The van der Waals surface area contributed by atoms with E-state index in [1.54, 1.807) is 18.2 Å². The molecule has 0 unspecified atom stereocenters. The van der Waals surface area contributed by atoms with Crippen molar-refractivity contribution in [1.82, 2.24) is 15.1 Å². The lowest BCUT2D eigenvalue weighted by Crippen LogP contribution is -2.03. The molecule has 0 aliphatic heterocycles. The van der Waals surface area contributed by atoms with Gasteiger partial charge in [-0.1, -0.05) is 35.0 Å². The van der Waals surface area contributed by atoms with Crippen LogP contribution in [0.4, 0.5) is 5.82 Å². The Morgan fingerprint density at radius 3 is 2.91 bits per heavy atom. The largest absolute Gasteiger partial charge is 0.361 e. The molecule has 0 aliphatic carbocycles. The van der Waals surface area contributed by atoms with Gasteiger partial charge in [-0.25, -0.2) is 4.98 Å². The van der Waals surface area contributed by atoms with Crippen molar-refractivity contribution in [3.8, 4) is 17.5 Å². The number of aryl methyl sites for hydroxylation is 1. The second-order valence-electron chi connectivity index (χ2n) is 4.85. The Bertz CT molecular complexity index is 884. The van der Waals surface area contributed by atoms with E-state index in [0.717, 1.165) is 11.1 Å². The third-order valence-electron chi connectivity index (χ3n) is 3.17. The van der Waals surface area contributed by atoms with Gasteiger partial charge in [-0.05, 0) is 30.7 Å². The summed E-state index contributed by atoms with van der Waals surface area (Å²) in [6, 6.07) is 12.9. The first-order chi connectivity index (χ1) is 11.2. The van der Waals surface area contributed by atoms with Gasteiger partial charge in [-0.2, -0.15) is 10.2 Å². The van der Waals surface area contributed by atoms with Crippen LogP contribution in [0.15, 0.2) is 40.9 Å². The second-order valence-corrected chi connectivity index (χ2v) is 5.29. The van der Waals surface area contributed by atoms with Crippen molar-refractivity contribution in [3.05, 3.63) is 58.6 Å². The minimum Gasteiger partial charge on any atom is -0.361 e. The van der Waals surface area contributed by atoms with Gasteiger partial charge in [0.25, 0.3) is 0 Å². The minimum absolute atomic E-state index is 0.314. The van der Waals surface area contributed by atoms with E-state index in [1.807, 2.05) is 31.2 Å². The van der Waals surface area contributed by atoms with Crippen LogP contribution in [0.25, 0.3) is 11.4 Å². The number of pyridine rings is 1. The first-order valence-corrected chi connectivity index (χ1v) is 7.23. The van der Waals surface area contributed by atoms with Gasteiger partial charge in [0.05, 0.1) is 6.54 Å². The third-order valence-corrected chi connectivity index (χ3v) is 3.41. The van der Waals surface area contributed by atoms with Gasteiger partial charge in [-0.15, -0.1) is 0 Å². The standard InChI is InChI=1S/C16H12ClN5O/c1-10-5-6-14(20-13(10)8-18)19-9-15-21-16(22-23-15)11-3-2-4-12(17)7-11/h2-7H,9H2,1H3,(H,19,20). The van der Waals surface area contributed by atoms with E-state index in [1.165, 1.54) is 0 Å². The molecule has 114 valence electrons. The van der Waals surface area contributed by atoms with Crippen LogP contribution in [0.5, 0.6) is 0 Å². The molecule has 0 saturated heterocycles. The zero-order valence-electron chi connectivity index (χ0n) is 12.2. The molecule has 0 bridgehead atoms. The van der Waals surface area contributed by atoms with Gasteiger partial charge >= 0.3 is 0 Å². The number of nitriles is 1. The van der Waals surface area contributed by atoms with E-state index in [-0.39, 0.29) is 0 Å². The normalized spacial score (nSPS) is 10.3. The lowest BCUT2D eigenvalue weighted by atomic mass is 10.2. The van der Waals surface area contributed by atoms with E-state index >= 15 is 0 Å². The number of nitrogens with zero attached hydrogens (tertiary/aromatic N) is 4. The molecule has 0 aliphatic rings. The summed E-state index contributed by atoms with van der Waals surface area (Å²) in [6.45, 7) is 2.15. The first kappa shape index (κ1) is 15.0. The third kappa shape index (κ3) is 3.47. The summed E-state index contributed by atoms with van der Waals surface area (Å²) >= 11 is 5.95. The zero-order valence-corrected chi connectivity index (χ0v) is 13.0. The number of rotatable bonds is 4. The molecule has 0 atom stereocenters. The number of anilines is 1. The molecule has 2 aromatic heterocycles. The van der Waals surface area contributed by atoms with E-state index in [2.05, 4.69) is 20.4 Å². The molecular weight excluding hydrogens is 314 g/mol. The van der Waals surface area contributed by atoms with Crippen LogP contribution in [0, 0.1) is 18.3 Å². The van der Waals surface area contributed by atoms with Crippen molar-refractivity contribution in [3.63, 3.8) is 0 Å². The van der Waals surface area contributed by atoms with Crippen molar-refractivity contribution in [2.75, 3.05) is 5.32 Å². The highest BCUT2D eigenvalue weighted by Gasteiger charge is 2.09. The molecule has 0 fully saturated rings. The maximum atomic E-state index is 8.99. The molecule has 1 aromatic carbocycles. The molecule has 7 heteroatoms. The summed E-state index contributed by atoms with van der Waals surface area (Å²) < 4.78 is 5.20. The molecule has 0 amide bonds. The van der Waals surface area contributed by atoms with Gasteiger partial charge in [0.1, 0.15) is 17.6 Å². The summed E-state index contributed by atoms with van der Waals surface area (Å²) in [5.74, 6) is 1.47. The van der Waals surface area contributed by atoms with Crippen LogP contribution in [0.3, 0.4) is 0 Å². The highest BCUT2D eigenvalue weighted by atomic mass is 35.5. The lowest BCUT2D eigenvalue weighted by molar-refractivity contribution is 0.384. The maximum Gasteiger partial charge on any atom is 0.246 e. The molecular formula is C16H12ClN5O. The van der Waals surface area contributed by atoms with Crippen molar-refractivity contribution in [1.29, 1.82) is 5.26 Å². The highest BCUT2D eigenvalue weighted by Crippen LogP contribution is 2.20. The minimum atomic E-state index is 0.314. The molecule has 3 rings (SSSR count). The molecule has 1 N–H and O–H groups in total. The number of hydrogen-bond acceptors (Lipinski definition) is 6. The number of halogens is 1. The fourth-order valence-corrected chi connectivity index (χ4v) is 2.17. The average molecular weight is 326 g/mol. The highest BCUT2D eigenvalue weighted by molar-refractivity contribution is 6.30. The Morgan fingerprint density at radius 1 is 1.26 bits per heavy atom. The number of aromatic nitrogens is 3. The van der Waals surface area contributed by atoms with E-state index in [0.29, 0.717) is 34.8 Å². The monoisotopic (exact) mass is 325 g/mol. The molecule has 0 spiro atoms. The Balaban J connectivity index is 1.71. The van der Waals surface area contributed by atoms with Crippen molar-refractivity contribution in [2.24, 2.45) is 0 Å². The fourth-order valence-electron chi connectivity index (χ4n) is 1.98. The van der Waals surface area contributed by atoms with Gasteiger partial charge < -0.3 is 9.84 Å². The Labute approximate surface area is 137 Å². The predicted molar refractivity (Wildman–Crippen MR) is 85.8 cm³/mol. The summed E-state index contributed by atoms with van der Waals surface area (Å²) in [5.41, 5.74) is 2.01. The fraction of sp³-hybridized carbons (Fsp3) is 0.125. The summed E-state index contributed by atoms with van der Waals surface area (Å²) in [6.07, 6.45) is 0. The van der Waals surface area contributed by atoms with Crippen LogP contribution < -0.4 is 5.32 Å². The summed E-state index contributed by atoms with van der Waals surface area (Å²) in [5, 5.41) is 16.6. The number of benzene rings is 1. The van der Waals surface area contributed by atoms with Crippen LogP contribution in [-0.4, -0.2) is 15.1 Å². The molecule has 0 radical (unpaired) electrons. The Hall–Kier alpha value is -2.91. The van der Waals surface area contributed by atoms with E-state index in [9.17, 15) is 0 Å². The lowest BCUT2D eigenvalue weighted by Gasteiger charge is -2.03. The van der Waals surface area contributed by atoms with Crippen LogP contribution in [0.2, 0.25) is 5.02 Å². The predicted octanol–water partition coefficient (Wildman–Crippen LogP) is 3.58. The number of nitrogens with one attached hydrogen (secondary N) is 1. The smallest absolute Gasteiger partial charge is 0.246 e. The molecule has 0 saturated carbocycles. The van der Waals surface area contributed by atoms with Gasteiger partial charge in [0, 0.05) is 10.6 Å². The molecule has 2 heterocycles. The zero-order chi connectivity index (χ0) is 16.2. The van der Waals surface area contributed by atoms with E-state index < -0.39 is 0 Å². The average Bonchev–Trinajstić information content (AvgIpc) is 3.03. The Kier molecular flexibility index (Phi) is 4.22. The molecule has 3 aromatic rings. The van der Waals surface area contributed by atoms with Crippen LogP contribution >= 0.6 is 11.6 Å². The quantitative estimate of drug-likeness (QED) is 0.788. The maximum absolute atomic E-state index is 8.99. The van der Waals surface area contributed by atoms with Crippen LogP contribution in [0.1, 0.15) is 17.1 Å².